The molecule has 0 aliphatic carbocycles. The molecular weight excluding hydrogens is 300 g/mol. The van der Waals surface area contributed by atoms with Gasteiger partial charge in [-0.15, -0.1) is 11.3 Å². The predicted octanol–water partition coefficient (Wildman–Crippen LogP) is 3.18. The largest absolute Gasteiger partial charge is 0.336 e. The summed E-state index contributed by atoms with van der Waals surface area (Å²) in [6, 6.07) is 7.93. The third-order valence-corrected chi connectivity index (χ3v) is 3.45. The van der Waals surface area contributed by atoms with Crippen LogP contribution >= 0.6 is 27.3 Å². The van der Waals surface area contributed by atoms with E-state index < -0.39 is 0 Å². The number of halogens is 1. The first-order chi connectivity index (χ1) is 8.16. The summed E-state index contributed by atoms with van der Waals surface area (Å²) in [6.45, 7) is 0.587. The fraction of sp³-hybridized carbons (Fsp3) is 0.167. The van der Waals surface area contributed by atoms with Crippen molar-refractivity contribution in [2.75, 3.05) is 7.05 Å². The standard InChI is InChI=1S/C12H11BrN2OS/c1-15(12(16)11-7-17-8-14-11)6-9-2-4-10(13)5-3-9/h2-5,7-8H,6H2,1H3. The van der Waals surface area contributed by atoms with E-state index in [9.17, 15) is 4.79 Å². The molecule has 0 aliphatic heterocycles. The number of thiazole rings is 1. The van der Waals surface area contributed by atoms with Crippen LogP contribution in [0.15, 0.2) is 39.6 Å². The molecule has 0 spiro atoms. The fourth-order valence-electron chi connectivity index (χ4n) is 1.45. The molecule has 1 amide bonds. The van der Waals surface area contributed by atoms with E-state index >= 15 is 0 Å². The summed E-state index contributed by atoms with van der Waals surface area (Å²) in [5.41, 5.74) is 3.27. The number of benzene rings is 1. The van der Waals surface area contributed by atoms with Crippen LogP contribution in [0.2, 0.25) is 0 Å². The Hall–Kier alpha value is -1.20. The first-order valence-corrected chi connectivity index (χ1v) is 6.78. The van der Waals surface area contributed by atoms with Gasteiger partial charge in [-0.25, -0.2) is 4.98 Å². The Kier molecular flexibility index (Phi) is 3.91. The maximum absolute atomic E-state index is 11.9. The van der Waals surface area contributed by atoms with Crippen molar-refractivity contribution in [3.05, 3.63) is 50.9 Å². The summed E-state index contributed by atoms with van der Waals surface area (Å²) in [5, 5.41) is 1.76. The molecule has 2 aromatic rings. The molecule has 0 saturated carbocycles. The van der Waals surface area contributed by atoms with Gasteiger partial charge in [0, 0.05) is 23.4 Å². The van der Waals surface area contributed by atoms with Gasteiger partial charge >= 0.3 is 0 Å². The van der Waals surface area contributed by atoms with E-state index in [0.717, 1.165) is 10.0 Å². The van der Waals surface area contributed by atoms with Crippen molar-refractivity contribution in [1.82, 2.24) is 9.88 Å². The summed E-state index contributed by atoms with van der Waals surface area (Å²) < 4.78 is 1.04. The van der Waals surface area contributed by atoms with Crippen LogP contribution in [0.25, 0.3) is 0 Å². The number of carbonyl (C=O) groups is 1. The lowest BCUT2D eigenvalue weighted by molar-refractivity contribution is 0.0780. The summed E-state index contributed by atoms with van der Waals surface area (Å²) in [4.78, 5) is 17.6. The zero-order chi connectivity index (χ0) is 12.3. The van der Waals surface area contributed by atoms with Gasteiger partial charge in [-0.2, -0.15) is 0 Å². The number of rotatable bonds is 3. The third-order valence-electron chi connectivity index (χ3n) is 2.33. The Balaban J connectivity index is 2.04. The molecule has 5 heteroatoms. The molecule has 0 fully saturated rings. The molecule has 0 bridgehead atoms. The normalized spacial score (nSPS) is 10.2. The first-order valence-electron chi connectivity index (χ1n) is 5.05. The zero-order valence-electron chi connectivity index (χ0n) is 9.26. The number of nitrogens with zero attached hydrogens (tertiary/aromatic N) is 2. The monoisotopic (exact) mass is 310 g/mol. The highest BCUT2D eigenvalue weighted by atomic mass is 79.9. The topological polar surface area (TPSA) is 33.2 Å². The highest BCUT2D eigenvalue weighted by Crippen LogP contribution is 2.13. The lowest BCUT2D eigenvalue weighted by Gasteiger charge is -2.15. The summed E-state index contributed by atoms with van der Waals surface area (Å²) in [7, 11) is 1.78. The number of hydrogen-bond acceptors (Lipinski definition) is 3. The molecule has 0 N–H and O–H groups in total. The second-order valence-corrected chi connectivity index (χ2v) is 5.30. The minimum absolute atomic E-state index is 0.0471. The van der Waals surface area contributed by atoms with Crippen molar-refractivity contribution in [2.45, 2.75) is 6.54 Å². The van der Waals surface area contributed by atoms with Gasteiger partial charge in [0.1, 0.15) is 5.69 Å². The number of carbonyl (C=O) groups excluding carboxylic acids is 1. The molecular formula is C12H11BrN2OS. The van der Waals surface area contributed by atoms with Crippen LogP contribution in [0.4, 0.5) is 0 Å². The van der Waals surface area contributed by atoms with Crippen LogP contribution in [0.1, 0.15) is 16.1 Å². The highest BCUT2D eigenvalue weighted by Gasteiger charge is 2.13. The molecule has 0 unspecified atom stereocenters. The van der Waals surface area contributed by atoms with Gasteiger partial charge in [0.05, 0.1) is 5.51 Å². The summed E-state index contributed by atoms with van der Waals surface area (Å²) >= 11 is 4.81. The minimum atomic E-state index is -0.0471. The van der Waals surface area contributed by atoms with Gasteiger partial charge in [-0.05, 0) is 17.7 Å². The SMILES string of the molecule is CN(Cc1ccc(Br)cc1)C(=O)c1cscn1. The number of amides is 1. The quantitative estimate of drug-likeness (QED) is 0.872. The molecule has 0 aliphatic rings. The average Bonchev–Trinajstić information content (AvgIpc) is 2.84. The van der Waals surface area contributed by atoms with Crippen LogP contribution in [0.3, 0.4) is 0 Å². The molecule has 0 atom stereocenters. The van der Waals surface area contributed by atoms with E-state index in [1.807, 2.05) is 24.3 Å². The maximum Gasteiger partial charge on any atom is 0.273 e. The zero-order valence-corrected chi connectivity index (χ0v) is 11.7. The van der Waals surface area contributed by atoms with E-state index in [1.54, 1.807) is 22.8 Å². The van der Waals surface area contributed by atoms with Crippen LogP contribution in [-0.4, -0.2) is 22.8 Å². The molecule has 17 heavy (non-hydrogen) atoms. The Morgan fingerprint density at radius 2 is 2.12 bits per heavy atom. The number of aromatic nitrogens is 1. The van der Waals surface area contributed by atoms with Crippen molar-refractivity contribution in [1.29, 1.82) is 0 Å². The van der Waals surface area contributed by atoms with Crippen LogP contribution in [-0.2, 0) is 6.54 Å². The Morgan fingerprint density at radius 1 is 1.41 bits per heavy atom. The lowest BCUT2D eigenvalue weighted by Crippen LogP contribution is -2.26. The number of hydrogen-bond donors (Lipinski definition) is 0. The molecule has 3 nitrogen and oxygen atoms in total. The van der Waals surface area contributed by atoms with Gasteiger partial charge < -0.3 is 4.90 Å². The second-order valence-electron chi connectivity index (χ2n) is 3.66. The molecule has 88 valence electrons. The third kappa shape index (κ3) is 3.14. The molecule has 1 heterocycles. The van der Waals surface area contributed by atoms with E-state index in [-0.39, 0.29) is 5.91 Å². The minimum Gasteiger partial charge on any atom is -0.336 e. The van der Waals surface area contributed by atoms with E-state index in [2.05, 4.69) is 20.9 Å². The second kappa shape index (κ2) is 5.42. The van der Waals surface area contributed by atoms with Gasteiger partial charge in [-0.3, -0.25) is 4.79 Å². The van der Waals surface area contributed by atoms with Gasteiger partial charge in [0.2, 0.25) is 0 Å². The Bertz CT molecular complexity index is 496. The average molecular weight is 311 g/mol. The molecule has 1 aromatic carbocycles. The van der Waals surface area contributed by atoms with Gasteiger partial charge in [0.25, 0.3) is 5.91 Å². The summed E-state index contributed by atoms with van der Waals surface area (Å²) in [5.74, 6) is -0.0471. The van der Waals surface area contributed by atoms with Gasteiger partial charge in [0.15, 0.2) is 0 Å². The van der Waals surface area contributed by atoms with Crippen LogP contribution in [0.5, 0.6) is 0 Å². The predicted molar refractivity (Wildman–Crippen MR) is 72.1 cm³/mol. The molecule has 0 saturated heterocycles. The maximum atomic E-state index is 11.9. The molecule has 2 rings (SSSR count). The van der Waals surface area contributed by atoms with E-state index in [0.29, 0.717) is 12.2 Å². The van der Waals surface area contributed by atoms with E-state index in [1.165, 1.54) is 11.3 Å². The van der Waals surface area contributed by atoms with Crippen LogP contribution in [0, 0.1) is 0 Å². The highest BCUT2D eigenvalue weighted by molar-refractivity contribution is 9.10. The van der Waals surface area contributed by atoms with Crippen molar-refractivity contribution in [3.8, 4) is 0 Å². The van der Waals surface area contributed by atoms with Crippen molar-refractivity contribution in [2.24, 2.45) is 0 Å². The fourth-order valence-corrected chi connectivity index (χ4v) is 2.24. The Labute approximate surface area is 112 Å². The smallest absolute Gasteiger partial charge is 0.273 e. The van der Waals surface area contributed by atoms with Gasteiger partial charge in [-0.1, -0.05) is 28.1 Å². The van der Waals surface area contributed by atoms with Crippen molar-refractivity contribution in [3.63, 3.8) is 0 Å². The molecule has 0 radical (unpaired) electrons. The van der Waals surface area contributed by atoms with Crippen molar-refractivity contribution >= 4 is 33.2 Å². The van der Waals surface area contributed by atoms with Crippen molar-refractivity contribution < 1.29 is 4.79 Å². The first kappa shape index (κ1) is 12.3. The summed E-state index contributed by atoms with van der Waals surface area (Å²) in [6.07, 6.45) is 0. The Morgan fingerprint density at radius 3 is 2.71 bits per heavy atom. The van der Waals surface area contributed by atoms with E-state index in [4.69, 9.17) is 0 Å². The lowest BCUT2D eigenvalue weighted by atomic mass is 10.2. The van der Waals surface area contributed by atoms with Crippen LogP contribution < -0.4 is 0 Å². The molecule has 1 aromatic heterocycles.